The maximum Gasteiger partial charge on any atom is 0.237 e. The predicted octanol–water partition coefficient (Wildman–Crippen LogP) is 3.28. The number of rotatable bonds is 12. The van der Waals surface area contributed by atoms with Gasteiger partial charge < -0.3 is 19.5 Å². The topological polar surface area (TPSA) is 62.2 Å². The first-order valence-corrected chi connectivity index (χ1v) is 12.9. The Balaban J connectivity index is 1.42. The molecule has 2 aliphatic rings. The van der Waals surface area contributed by atoms with E-state index in [9.17, 15) is 9.90 Å². The predicted molar refractivity (Wildman–Crippen MR) is 134 cm³/mol. The number of carbonyl (C=O) groups is 1. The number of ether oxygens (including phenoxy) is 2. The molecule has 1 aliphatic carbocycles. The van der Waals surface area contributed by atoms with Gasteiger partial charge in [-0.25, -0.2) is 0 Å². The Bertz CT molecular complexity index is 997. The number of hydrogen-bond donors (Lipinski definition) is 1. The number of terminal acetylenes is 1. The van der Waals surface area contributed by atoms with Gasteiger partial charge in [0.25, 0.3) is 0 Å². The van der Waals surface area contributed by atoms with E-state index >= 15 is 0 Å². The Kier molecular flexibility index (Phi) is 8.63. The summed E-state index contributed by atoms with van der Waals surface area (Å²) >= 11 is 1.75. The number of aliphatic hydroxyl groups is 1. The third kappa shape index (κ3) is 6.83. The van der Waals surface area contributed by atoms with Crippen LogP contribution in [0.3, 0.4) is 0 Å². The number of carbonyl (C=O) groups excluding carboxylic acids is 1. The highest BCUT2D eigenvalue weighted by atomic mass is 32.1. The number of fused-ring (bicyclic) bond motifs is 1. The second kappa shape index (κ2) is 11.9. The minimum atomic E-state index is -0.676. The van der Waals surface area contributed by atoms with Crippen LogP contribution in [0.25, 0.3) is 0 Å². The Morgan fingerprint density at radius 3 is 3.00 bits per heavy atom. The monoisotopic (exact) mass is 482 g/mol. The van der Waals surface area contributed by atoms with Crippen molar-refractivity contribution in [2.75, 3.05) is 46.0 Å². The van der Waals surface area contributed by atoms with Crippen molar-refractivity contribution in [1.82, 2.24) is 9.80 Å². The standard InChI is InChI=1S/C27H34N2O4S/c1-3-12-32-18-22(30)16-28(15-21-7-8-21)17-27(31)29-11-9-26-24(10-13-34-26)25(29)19-33-23-6-4-5-20(2)14-23/h1,4-6,10,13-14,21-22,25,30H,7-9,11-12,15-19H2,2H3/t22-,25+/m1/s1. The van der Waals surface area contributed by atoms with Crippen LogP contribution < -0.4 is 4.74 Å². The molecule has 1 N–H and O–H groups in total. The van der Waals surface area contributed by atoms with Crippen molar-refractivity contribution in [3.63, 3.8) is 0 Å². The van der Waals surface area contributed by atoms with Gasteiger partial charge in [-0.1, -0.05) is 18.1 Å². The van der Waals surface area contributed by atoms with Crippen molar-refractivity contribution in [1.29, 1.82) is 0 Å². The van der Waals surface area contributed by atoms with Gasteiger partial charge >= 0.3 is 0 Å². The molecule has 0 saturated heterocycles. The van der Waals surface area contributed by atoms with Crippen molar-refractivity contribution >= 4 is 17.2 Å². The summed E-state index contributed by atoms with van der Waals surface area (Å²) in [6.07, 6.45) is 7.78. The SMILES string of the molecule is C#CCOC[C@H](O)CN(CC(=O)N1CCc2sccc2[C@@H]1COc1cccc(C)c1)CC1CC1. The Morgan fingerprint density at radius 2 is 2.24 bits per heavy atom. The van der Waals surface area contributed by atoms with Crippen LogP contribution in [0, 0.1) is 25.2 Å². The van der Waals surface area contributed by atoms with E-state index < -0.39 is 6.10 Å². The first-order chi connectivity index (χ1) is 16.5. The highest BCUT2D eigenvalue weighted by Crippen LogP contribution is 2.34. The summed E-state index contributed by atoms with van der Waals surface area (Å²) in [5, 5.41) is 12.5. The van der Waals surface area contributed by atoms with Gasteiger partial charge in [0.05, 0.1) is 25.3 Å². The van der Waals surface area contributed by atoms with E-state index in [-0.39, 0.29) is 31.7 Å². The molecule has 1 saturated carbocycles. The summed E-state index contributed by atoms with van der Waals surface area (Å²) in [6.45, 7) is 4.99. The van der Waals surface area contributed by atoms with Crippen LogP contribution in [0.4, 0.5) is 0 Å². The molecule has 7 heteroatoms. The van der Waals surface area contributed by atoms with Crippen molar-refractivity contribution in [3.05, 3.63) is 51.7 Å². The number of nitrogens with zero attached hydrogens (tertiary/aromatic N) is 2. The molecule has 2 aromatic rings. The maximum atomic E-state index is 13.6. The fourth-order valence-electron chi connectivity index (χ4n) is 4.51. The second-order valence-electron chi connectivity index (χ2n) is 9.29. The molecule has 182 valence electrons. The van der Waals surface area contributed by atoms with Crippen LogP contribution in [-0.2, 0) is 16.0 Å². The minimum Gasteiger partial charge on any atom is -0.491 e. The molecule has 0 radical (unpaired) electrons. The van der Waals surface area contributed by atoms with Crippen LogP contribution in [0.15, 0.2) is 35.7 Å². The zero-order valence-electron chi connectivity index (χ0n) is 19.8. The normalized spacial score (nSPS) is 18.4. The molecule has 1 aromatic carbocycles. The number of hydrogen-bond acceptors (Lipinski definition) is 6. The molecule has 1 fully saturated rings. The lowest BCUT2D eigenvalue weighted by atomic mass is 10.0. The molecular formula is C27H34N2O4S. The van der Waals surface area contributed by atoms with Gasteiger partial charge in [-0.05, 0) is 66.8 Å². The van der Waals surface area contributed by atoms with Gasteiger partial charge in [-0.2, -0.15) is 0 Å². The molecule has 0 unspecified atom stereocenters. The summed E-state index contributed by atoms with van der Waals surface area (Å²) in [5.41, 5.74) is 2.33. The molecule has 0 bridgehead atoms. The zero-order chi connectivity index (χ0) is 23.9. The van der Waals surface area contributed by atoms with E-state index in [0.717, 1.165) is 24.3 Å². The highest BCUT2D eigenvalue weighted by Gasteiger charge is 2.34. The van der Waals surface area contributed by atoms with Crippen LogP contribution in [0.5, 0.6) is 5.75 Å². The van der Waals surface area contributed by atoms with Crippen LogP contribution >= 0.6 is 11.3 Å². The number of thiophene rings is 1. The molecule has 2 atom stereocenters. The molecule has 1 amide bonds. The van der Waals surface area contributed by atoms with Gasteiger partial charge in [0.2, 0.25) is 5.91 Å². The van der Waals surface area contributed by atoms with Crippen LogP contribution in [-0.4, -0.2) is 72.9 Å². The Hall–Kier alpha value is -2.37. The van der Waals surface area contributed by atoms with Crippen molar-refractivity contribution in [3.8, 4) is 18.1 Å². The molecule has 6 nitrogen and oxygen atoms in total. The molecule has 1 aliphatic heterocycles. The third-order valence-corrected chi connectivity index (χ3v) is 7.35. The maximum absolute atomic E-state index is 13.6. The van der Waals surface area contributed by atoms with Gasteiger partial charge in [-0.3, -0.25) is 9.69 Å². The average molecular weight is 483 g/mol. The van der Waals surface area contributed by atoms with E-state index in [4.69, 9.17) is 15.9 Å². The molecule has 4 rings (SSSR count). The van der Waals surface area contributed by atoms with Crippen LogP contribution in [0.1, 0.15) is 34.9 Å². The summed E-state index contributed by atoms with van der Waals surface area (Å²) in [7, 11) is 0. The first kappa shape index (κ1) is 24.7. The minimum absolute atomic E-state index is 0.0760. The lowest BCUT2D eigenvalue weighted by Crippen LogP contribution is -2.48. The molecule has 0 spiro atoms. The molecule has 1 aromatic heterocycles. The summed E-state index contributed by atoms with van der Waals surface area (Å²) in [5.74, 6) is 3.92. The highest BCUT2D eigenvalue weighted by molar-refractivity contribution is 7.10. The lowest BCUT2D eigenvalue weighted by Gasteiger charge is -2.37. The number of amides is 1. The van der Waals surface area contributed by atoms with Gasteiger partial charge in [0, 0.05) is 24.5 Å². The molecule has 34 heavy (non-hydrogen) atoms. The first-order valence-electron chi connectivity index (χ1n) is 12.0. The van der Waals surface area contributed by atoms with Crippen molar-refractivity contribution < 1.29 is 19.4 Å². The molecular weight excluding hydrogens is 448 g/mol. The van der Waals surface area contributed by atoms with Crippen molar-refractivity contribution in [2.45, 2.75) is 38.3 Å². The Morgan fingerprint density at radius 1 is 1.38 bits per heavy atom. The number of benzene rings is 1. The zero-order valence-corrected chi connectivity index (χ0v) is 20.6. The second-order valence-corrected chi connectivity index (χ2v) is 10.3. The van der Waals surface area contributed by atoms with Gasteiger partial charge in [0.1, 0.15) is 19.0 Å². The fourth-order valence-corrected chi connectivity index (χ4v) is 5.44. The van der Waals surface area contributed by atoms with Crippen molar-refractivity contribution in [2.24, 2.45) is 5.92 Å². The summed E-state index contributed by atoms with van der Waals surface area (Å²) in [4.78, 5) is 18.9. The number of aliphatic hydroxyl groups excluding tert-OH is 1. The average Bonchev–Trinajstić information content (AvgIpc) is 3.49. The summed E-state index contributed by atoms with van der Waals surface area (Å²) in [6, 6.07) is 10.0. The van der Waals surface area contributed by atoms with E-state index in [0.29, 0.717) is 25.6 Å². The lowest BCUT2D eigenvalue weighted by molar-refractivity contribution is -0.136. The van der Waals surface area contributed by atoms with Gasteiger partial charge in [-0.15, -0.1) is 17.8 Å². The Labute approximate surface area is 206 Å². The van der Waals surface area contributed by atoms with Crippen LogP contribution in [0.2, 0.25) is 0 Å². The third-order valence-electron chi connectivity index (χ3n) is 6.35. The summed E-state index contributed by atoms with van der Waals surface area (Å²) < 4.78 is 11.4. The quantitative estimate of drug-likeness (QED) is 0.372. The van der Waals surface area contributed by atoms with E-state index in [1.807, 2.05) is 36.1 Å². The molecule has 2 heterocycles. The van der Waals surface area contributed by atoms with E-state index in [1.54, 1.807) is 11.3 Å². The van der Waals surface area contributed by atoms with E-state index in [1.165, 1.54) is 23.3 Å². The fraction of sp³-hybridized carbons (Fsp3) is 0.519. The number of aryl methyl sites for hydroxylation is 1. The van der Waals surface area contributed by atoms with E-state index in [2.05, 4.69) is 22.3 Å². The smallest absolute Gasteiger partial charge is 0.237 e. The largest absolute Gasteiger partial charge is 0.491 e. The van der Waals surface area contributed by atoms with Gasteiger partial charge in [0.15, 0.2) is 0 Å².